The smallest absolute Gasteiger partial charge is 0.144 e. The average molecular weight is 320 g/mol. The predicted octanol–water partition coefficient (Wildman–Crippen LogP) is 4.49. The first-order chi connectivity index (χ1) is 11.7. The monoisotopic (exact) mass is 320 g/mol. The fourth-order valence-electron chi connectivity index (χ4n) is 2.32. The second kappa shape index (κ2) is 7.00. The Bertz CT molecular complexity index is 829. The molecule has 0 saturated carbocycles. The molecule has 2 aromatic heterocycles. The Hall–Kier alpha value is -3.08. The number of hydrogen-bond acceptors (Lipinski definition) is 4. The number of benzene rings is 1. The second-order valence-electron chi connectivity index (χ2n) is 5.42. The molecule has 3 aromatic rings. The van der Waals surface area contributed by atoms with E-state index in [0.717, 1.165) is 22.4 Å². The van der Waals surface area contributed by atoms with Gasteiger partial charge in [0.2, 0.25) is 0 Å². The molecule has 0 fully saturated rings. The predicted molar refractivity (Wildman–Crippen MR) is 93.8 cm³/mol. The van der Waals surface area contributed by atoms with E-state index in [9.17, 15) is 4.39 Å². The van der Waals surface area contributed by atoms with Gasteiger partial charge in [-0.25, -0.2) is 9.37 Å². The van der Waals surface area contributed by atoms with Crippen molar-refractivity contribution < 1.29 is 4.39 Å². The molecule has 0 aliphatic heterocycles. The van der Waals surface area contributed by atoms with Crippen LogP contribution in [0.3, 0.4) is 0 Å². The number of hydrogen-bond donors (Lipinski definition) is 1. The lowest BCUT2D eigenvalue weighted by Crippen LogP contribution is -2.08. The van der Waals surface area contributed by atoms with E-state index in [0.29, 0.717) is 5.82 Å². The number of anilines is 1. The Morgan fingerprint density at radius 1 is 1.08 bits per heavy atom. The Labute approximate surface area is 140 Å². The molecule has 2 heterocycles. The van der Waals surface area contributed by atoms with Gasteiger partial charge in [0, 0.05) is 24.0 Å². The Morgan fingerprint density at radius 2 is 1.88 bits per heavy atom. The van der Waals surface area contributed by atoms with Crippen molar-refractivity contribution in [3.8, 4) is 11.3 Å². The summed E-state index contributed by atoms with van der Waals surface area (Å²) in [5.41, 5.74) is 3.54. The number of pyridine rings is 1. The lowest BCUT2D eigenvalue weighted by Gasteiger charge is -2.14. The third kappa shape index (κ3) is 3.63. The first-order valence-electron chi connectivity index (χ1n) is 7.57. The van der Waals surface area contributed by atoms with Crippen LogP contribution in [-0.4, -0.2) is 15.0 Å². The van der Waals surface area contributed by atoms with Crippen molar-refractivity contribution >= 4 is 11.9 Å². The van der Waals surface area contributed by atoms with Crippen LogP contribution in [0.4, 0.5) is 10.2 Å². The molecule has 3 rings (SSSR count). The quantitative estimate of drug-likeness (QED) is 0.752. The summed E-state index contributed by atoms with van der Waals surface area (Å²) in [6.07, 6.45) is 8.60. The largest absolute Gasteiger partial charge is 0.362 e. The van der Waals surface area contributed by atoms with Crippen molar-refractivity contribution in [2.75, 3.05) is 5.32 Å². The Balaban J connectivity index is 1.74. The summed E-state index contributed by atoms with van der Waals surface area (Å²) in [6, 6.07) is 8.35. The van der Waals surface area contributed by atoms with Gasteiger partial charge in [-0.1, -0.05) is 24.8 Å². The summed E-state index contributed by atoms with van der Waals surface area (Å²) < 4.78 is 13.0. The van der Waals surface area contributed by atoms with E-state index in [1.54, 1.807) is 43.0 Å². The fraction of sp³-hybridized carbons (Fsp3) is 0.105. The van der Waals surface area contributed by atoms with Crippen molar-refractivity contribution in [3.05, 3.63) is 78.6 Å². The van der Waals surface area contributed by atoms with Gasteiger partial charge in [0.25, 0.3) is 0 Å². The van der Waals surface area contributed by atoms with Crippen molar-refractivity contribution in [2.24, 2.45) is 0 Å². The SMILES string of the molecule is C=Cc1cncc(-c2cnc(N[C@H](C)c3ccc(F)cc3)cn2)c1. The number of nitrogens with zero attached hydrogens (tertiary/aromatic N) is 3. The van der Waals surface area contributed by atoms with Crippen molar-refractivity contribution in [2.45, 2.75) is 13.0 Å². The molecule has 0 radical (unpaired) electrons. The molecule has 1 N–H and O–H groups in total. The second-order valence-corrected chi connectivity index (χ2v) is 5.42. The van der Waals surface area contributed by atoms with Crippen molar-refractivity contribution in [1.29, 1.82) is 0 Å². The molecule has 24 heavy (non-hydrogen) atoms. The van der Waals surface area contributed by atoms with E-state index in [1.165, 1.54) is 12.1 Å². The van der Waals surface area contributed by atoms with Gasteiger partial charge in [-0.2, -0.15) is 0 Å². The summed E-state index contributed by atoms with van der Waals surface area (Å²) in [5, 5.41) is 3.25. The molecule has 0 aliphatic carbocycles. The lowest BCUT2D eigenvalue weighted by atomic mass is 10.1. The van der Waals surface area contributed by atoms with Gasteiger partial charge < -0.3 is 5.32 Å². The highest BCUT2D eigenvalue weighted by Gasteiger charge is 2.07. The van der Waals surface area contributed by atoms with Gasteiger partial charge in [0.15, 0.2) is 0 Å². The molecular formula is C19H17FN4. The number of rotatable bonds is 5. The topological polar surface area (TPSA) is 50.7 Å². The van der Waals surface area contributed by atoms with Gasteiger partial charge in [-0.3, -0.25) is 9.97 Å². The maximum atomic E-state index is 13.0. The standard InChI is InChI=1S/C19H17FN4/c1-3-14-8-16(10-21-9-14)18-11-23-19(12-22-18)24-13(2)15-4-6-17(20)7-5-15/h3-13H,1H2,2H3,(H,23,24)/t13-/m1/s1. The van der Waals surface area contributed by atoms with E-state index in [2.05, 4.69) is 26.8 Å². The molecular weight excluding hydrogens is 303 g/mol. The Morgan fingerprint density at radius 3 is 2.54 bits per heavy atom. The highest BCUT2D eigenvalue weighted by atomic mass is 19.1. The zero-order chi connectivity index (χ0) is 16.9. The molecule has 0 unspecified atom stereocenters. The van der Waals surface area contributed by atoms with E-state index in [1.807, 2.05) is 13.0 Å². The van der Waals surface area contributed by atoms with Gasteiger partial charge in [0.05, 0.1) is 18.1 Å². The van der Waals surface area contributed by atoms with Gasteiger partial charge in [-0.05, 0) is 36.2 Å². The normalized spacial score (nSPS) is 11.8. The van der Waals surface area contributed by atoms with Crippen LogP contribution < -0.4 is 5.32 Å². The first-order valence-corrected chi connectivity index (χ1v) is 7.57. The molecule has 4 nitrogen and oxygen atoms in total. The van der Waals surface area contributed by atoms with E-state index in [4.69, 9.17) is 0 Å². The minimum atomic E-state index is -0.245. The summed E-state index contributed by atoms with van der Waals surface area (Å²) in [4.78, 5) is 13.0. The molecule has 0 saturated heterocycles. The third-order valence-corrected chi connectivity index (χ3v) is 3.68. The first kappa shape index (κ1) is 15.8. The van der Waals surface area contributed by atoms with Gasteiger partial charge in [-0.15, -0.1) is 0 Å². The average Bonchev–Trinajstić information content (AvgIpc) is 2.63. The van der Waals surface area contributed by atoms with Crippen LogP contribution in [0.2, 0.25) is 0 Å². The van der Waals surface area contributed by atoms with Crippen LogP contribution >= 0.6 is 0 Å². The zero-order valence-electron chi connectivity index (χ0n) is 13.3. The van der Waals surface area contributed by atoms with Crippen molar-refractivity contribution in [3.63, 3.8) is 0 Å². The van der Waals surface area contributed by atoms with Crippen LogP contribution in [0.15, 0.2) is 61.7 Å². The van der Waals surface area contributed by atoms with E-state index >= 15 is 0 Å². The molecule has 1 aromatic carbocycles. The van der Waals surface area contributed by atoms with E-state index in [-0.39, 0.29) is 11.9 Å². The highest BCUT2D eigenvalue weighted by molar-refractivity contribution is 5.62. The number of nitrogens with one attached hydrogen (secondary N) is 1. The third-order valence-electron chi connectivity index (χ3n) is 3.68. The molecule has 0 bridgehead atoms. The van der Waals surface area contributed by atoms with Crippen molar-refractivity contribution in [1.82, 2.24) is 15.0 Å². The number of halogens is 1. The highest BCUT2D eigenvalue weighted by Crippen LogP contribution is 2.20. The van der Waals surface area contributed by atoms with Crippen LogP contribution in [0, 0.1) is 5.82 Å². The molecule has 5 heteroatoms. The van der Waals surface area contributed by atoms with E-state index < -0.39 is 0 Å². The summed E-state index contributed by atoms with van der Waals surface area (Å²) in [6.45, 7) is 5.72. The molecule has 120 valence electrons. The zero-order valence-corrected chi connectivity index (χ0v) is 13.3. The Kier molecular flexibility index (Phi) is 4.61. The fourth-order valence-corrected chi connectivity index (χ4v) is 2.32. The van der Waals surface area contributed by atoms with Crippen LogP contribution in [0.5, 0.6) is 0 Å². The molecule has 1 atom stereocenters. The number of aromatic nitrogens is 3. The summed E-state index contributed by atoms with van der Waals surface area (Å²) >= 11 is 0. The summed E-state index contributed by atoms with van der Waals surface area (Å²) in [5.74, 6) is 0.411. The maximum Gasteiger partial charge on any atom is 0.144 e. The van der Waals surface area contributed by atoms with Crippen LogP contribution in [-0.2, 0) is 0 Å². The summed E-state index contributed by atoms with van der Waals surface area (Å²) in [7, 11) is 0. The van der Waals surface area contributed by atoms with Crippen LogP contribution in [0.1, 0.15) is 24.1 Å². The maximum absolute atomic E-state index is 13.0. The van der Waals surface area contributed by atoms with Crippen LogP contribution in [0.25, 0.3) is 17.3 Å². The molecule has 0 amide bonds. The minimum Gasteiger partial charge on any atom is -0.362 e. The van der Waals surface area contributed by atoms with Gasteiger partial charge in [0.1, 0.15) is 11.6 Å². The molecule has 0 spiro atoms. The van der Waals surface area contributed by atoms with Gasteiger partial charge >= 0.3 is 0 Å². The molecule has 0 aliphatic rings. The lowest BCUT2D eigenvalue weighted by molar-refractivity contribution is 0.626. The minimum absolute atomic E-state index is 0.00323.